The molecule has 1 N–H and O–H groups in total. The molecule has 32 heavy (non-hydrogen) atoms. The number of nitrogens with one attached hydrogen (secondary N) is 1. The standard InChI is InChI=1S/C24H26N2O4S2/c1-30-22-12-14-23(15-13-22)32(28,29)26(21-10-6-3-7-11-21)18-24(27)25-16-17-31-19-20-8-4-2-5-9-20/h2-15H,16-19H2,1H3,(H,25,27). The summed E-state index contributed by atoms with van der Waals surface area (Å²) in [5, 5.41) is 2.83. The Morgan fingerprint density at radius 3 is 2.19 bits per heavy atom. The van der Waals surface area contributed by atoms with Crippen LogP contribution in [-0.2, 0) is 20.6 Å². The molecular weight excluding hydrogens is 444 g/mol. The second-order valence-electron chi connectivity index (χ2n) is 6.91. The molecule has 3 aromatic rings. The SMILES string of the molecule is COc1ccc(S(=O)(=O)N(CC(=O)NCCSCc2ccccc2)c2ccccc2)cc1. The smallest absolute Gasteiger partial charge is 0.264 e. The van der Waals surface area contributed by atoms with E-state index >= 15 is 0 Å². The van der Waals surface area contributed by atoms with E-state index in [0.29, 0.717) is 18.0 Å². The number of amides is 1. The van der Waals surface area contributed by atoms with Crippen LogP contribution in [-0.4, -0.2) is 40.3 Å². The predicted molar refractivity (Wildman–Crippen MR) is 130 cm³/mol. The van der Waals surface area contributed by atoms with E-state index in [1.165, 1.54) is 24.8 Å². The van der Waals surface area contributed by atoms with Crippen LogP contribution in [0.3, 0.4) is 0 Å². The molecule has 0 atom stereocenters. The minimum atomic E-state index is -3.93. The van der Waals surface area contributed by atoms with Gasteiger partial charge in [0, 0.05) is 18.1 Å². The van der Waals surface area contributed by atoms with Crippen molar-refractivity contribution in [2.24, 2.45) is 0 Å². The molecular formula is C24H26N2O4S2. The van der Waals surface area contributed by atoms with Crippen LogP contribution in [0.5, 0.6) is 5.75 Å². The lowest BCUT2D eigenvalue weighted by molar-refractivity contribution is -0.119. The van der Waals surface area contributed by atoms with Crippen molar-refractivity contribution in [3.05, 3.63) is 90.5 Å². The molecule has 0 unspecified atom stereocenters. The van der Waals surface area contributed by atoms with Crippen molar-refractivity contribution in [3.8, 4) is 5.75 Å². The number of nitrogens with zero attached hydrogens (tertiary/aromatic N) is 1. The summed E-state index contributed by atoms with van der Waals surface area (Å²) in [5.41, 5.74) is 1.65. The zero-order valence-electron chi connectivity index (χ0n) is 17.8. The van der Waals surface area contributed by atoms with E-state index in [0.717, 1.165) is 15.8 Å². The number of rotatable bonds is 11. The van der Waals surface area contributed by atoms with E-state index in [9.17, 15) is 13.2 Å². The minimum Gasteiger partial charge on any atom is -0.497 e. The van der Waals surface area contributed by atoms with Gasteiger partial charge in [0.15, 0.2) is 0 Å². The van der Waals surface area contributed by atoms with E-state index in [2.05, 4.69) is 17.4 Å². The number of thioether (sulfide) groups is 1. The Balaban J connectivity index is 1.63. The van der Waals surface area contributed by atoms with Crippen molar-refractivity contribution < 1.29 is 17.9 Å². The summed E-state index contributed by atoms with van der Waals surface area (Å²) in [6.07, 6.45) is 0. The van der Waals surface area contributed by atoms with Gasteiger partial charge in [0.1, 0.15) is 12.3 Å². The molecule has 1 amide bonds. The molecule has 0 aromatic heterocycles. The normalized spacial score (nSPS) is 11.0. The molecule has 8 heteroatoms. The average Bonchev–Trinajstić information content (AvgIpc) is 2.83. The lowest BCUT2D eigenvalue weighted by Gasteiger charge is -2.24. The Bertz CT molecular complexity index is 1090. The van der Waals surface area contributed by atoms with Gasteiger partial charge in [-0.1, -0.05) is 48.5 Å². The molecule has 0 aliphatic heterocycles. The van der Waals surface area contributed by atoms with E-state index in [-0.39, 0.29) is 17.3 Å². The van der Waals surface area contributed by atoms with Gasteiger partial charge in [0.05, 0.1) is 17.7 Å². The van der Waals surface area contributed by atoms with Gasteiger partial charge in [0.2, 0.25) is 5.91 Å². The first-order valence-electron chi connectivity index (χ1n) is 10.1. The number of benzene rings is 3. The molecule has 0 radical (unpaired) electrons. The first-order chi connectivity index (χ1) is 15.5. The molecule has 0 bridgehead atoms. The Labute approximate surface area is 193 Å². The monoisotopic (exact) mass is 470 g/mol. The van der Waals surface area contributed by atoms with Crippen LogP contribution in [0.1, 0.15) is 5.56 Å². The number of carbonyl (C=O) groups is 1. The van der Waals surface area contributed by atoms with Crippen molar-refractivity contribution in [1.29, 1.82) is 0 Å². The molecule has 0 heterocycles. The Kier molecular flexibility index (Phi) is 8.58. The number of hydrogen-bond donors (Lipinski definition) is 1. The number of hydrogen-bond acceptors (Lipinski definition) is 5. The second-order valence-corrected chi connectivity index (χ2v) is 9.88. The maximum Gasteiger partial charge on any atom is 0.264 e. The Morgan fingerprint density at radius 2 is 1.56 bits per heavy atom. The number of sulfonamides is 1. The van der Waals surface area contributed by atoms with Crippen molar-refractivity contribution in [2.45, 2.75) is 10.6 Å². The van der Waals surface area contributed by atoms with Crippen LogP contribution in [0, 0.1) is 0 Å². The third kappa shape index (κ3) is 6.51. The molecule has 3 aromatic carbocycles. The highest BCUT2D eigenvalue weighted by molar-refractivity contribution is 7.98. The van der Waals surface area contributed by atoms with Crippen LogP contribution < -0.4 is 14.4 Å². The van der Waals surface area contributed by atoms with E-state index in [4.69, 9.17) is 4.74 Å². The van der Waals surface area contributed by atoms with Gasteiger partial charge >= 0.3 is 0 Å². The van der Waals surface area contributed by atoms with Crippen LogP contribution in [0.4, 0.5) is 5.69 Å². The number of anilines is 1. The predicted octanol–water partition coefficient (Wildman–Crippen LogP) is 3.94. The fourth-order valence-electron chi connectivity index (χ4n) is 3.00. The maximum atomic E-state index is 13.3. The highest BCUT2D eigenvalue weighted by Gasteiger charge is 2.27. The summed E-state index contributed by atoms with van der Waals surface area (Å²) in [6, 6.07) is 24.8. The lowest BCUT2D eigenvalue weighted by atomic mass is 10.2. The first-order valence-corrected chi connectivity index (χ1v) is 12.7. The Morgan fingerprint density at radius 1 is 0.938 bits per heavy atom. The summed E-state index contributed by atoms with van der Waals surface area (Å²) < 4.78 is 32.8. The average molecular weight is 471 g/mol. The van der Waals surface area contributed by atoms with Crippen LogP contribution in [0.2, 0.25) is 0 Å². The molecule has 0 saturated carbocycles. The van der Waals surface area contributed by atoms with Gasteiger partial charge in [-0.3, -0.25) is 9.10 Å². The fraction of sp³-hybridized carbons (Fsp3) is 0.208. The summed E-state index contributed by atoms with van der Waals surface area (Å²) in [7, 11) is -2.42. The van der Waals surface area contributed by atoms with E-state index < -0.39 is 10.0 Å². The number of ether oxygens (including phenoxy) is 1. The summed E-state index contributed by atoms with van der Waals surface area (Å²) in [4.78, 5) is 12.7. The van der Waals surface area contributed by atoms with Gasteiger partial charge in [-0.2, -0.15) is 11.8 Å². The molecule has 0 spiro atoms. The Hall–Kier alpha value is -2.97. The van der Waals surface area contributed by atoms with Crippen LogP contribution in [0.15, 0.2) is 89.8 Å². The number of carbonyl (C=O) groups excluding carboxylic acids is 1. The van der Waals surface area contributed by atoms with Crippen molar-refractivity contribution >= 4 is 33.4 Å². The molecule has 0 aliphatic carbocycles. The van der Waals surface area contributed by atoms with Crippen molar-refractivity contribution in [1.82, 2.24) is 5.32 Å². The number of para-hydroxylation sites is 1. The third-order valence-electron chi connectivity index (χ3n) is 4.66. The molecule has 3 rings (SSSR count). The molecule has 6 nitrogen and oxygen atoms in total. The quantitative estimate of drug-likeness (QED) is 0.430. The zero-order chi connectivity index (χ0) is 22.8. The van der Waals surface area contributed by atoms with E-state index in [1.54, 1.807) is 54.2 Å². The lowest BCUT2D eigenvalue weighted by Crippen LogP contribution is -2.41. The van der Waals surface area contributed by atoms with Gasteiger partial charge in [-0.05, 0) is 42.0 Å². The largest absolute Gasteiger partial charge is 0.497 e. The van der Waals surface area contributed by atoms with Gasteiger partial charge in [-0.25, -0.2) is 8.42 Å². The zero-order valence-corrected chi connectivity index (χ0v) is 19.4. The van der Waals surface area contributed by atoms with Crippen LogP contribution in [0.25, 0.3) is 0 Å². The summed E-state index contributed by atoms with van der Waals surface area (Å²) in [5.74, 6) is 1.79. The number of methoxy groups -OCH3 is 1. The molecule has 0 fully saturated rings. The molecule has 168 valence electrons. The van der Waals surface area contributed by atoms with Crippen molar-refractivity contribution in [2.75, 3.05) is 30.3 Å². The third-order valence-corrected chi connectivity index (χ3v) is 7.48. The summed E-state index contributed by atoms with van der Waals surface area (Å²) in [6.45, 7) is 0.156. The maximum absolute atomic E-state index is 13.3. The first kappa shape index (κ1) is 23.7. The minimum absolute atomic E-state index is 0.0911. The summed E-state index contributed by atoms with van der Waals surface area (Å²) >= 11 is 1.71. The molecule has 0 saturated heterocycles. The molecule has 0 aliphatic rings. The van der Waals surface area contributed by atoms with Gasteiger partial charge in [-0.15, -0.1) is 0 Å². The second kappa shape index (κ2) is 11.6. The highest BCUT2D eigenvalue weighted by Crippen LogP contribution is 2.24. The van der Waals surface area contributed by atoms with Gasteiger partial charge in [0.25, 0.3) is 10.0 Å². The van der Waals surface area contributed by atoms with Crippen molar-refractivity contribution in [3.63, 3.8) is 0 Å². The van der Waals surface area contributed by atoms with Gasteiger partial charge < -0.3 is 10.1 Å². The fourth-order valence-corrected chi connectivity index (χ4v) is 5.24. The van der Waals surface area contributed by atoms with Crippen LogP contribution >= 0.6 is 11.8 Å². The van der Waals surface area contributed by atoms with E-state index in [1.807, 2.05) is 18.2 Å². The topological polar surface area (TPSA) is 75.7 Å². The highest BCUT2D eigenvalue weighted by atomic mass is 32.2.